The smallest absolute Gasteiger partial charge is 0.275 e. The van der Waals surface area contributed by atoms with Gasteiger partial charge in [0.25, 0.3) is 11.5 Å². The minimum atomic E-state index is -0.274. The number of hydrogen-bond donors (Lipinski definition) is 1. The van der Waals surface area contributed by atoms with Gasteiger partial charge in [0, 0.05) is 43.0 Å². The number of halogens is 1. The lowest BCUT2D eigenvalue weighted by atomic mass is 10.1. The second-order valence-corrected chi connectivity index (χ2v) is 8.77. The average Bonchev–Trinajstić information content (AvgIpc) is 3.07. The number of hydrogen-bond acceptors (Lipinski definition) is 5. The van der Waals surface area contributed by atoms with Crippen molar-refractivity contribution in [3.8, 4) is 0 Å². The highest BCUT2D eigenvalue weighted by Gasteiger charge is 2.25. The first-order valence-electron chi connectivity index (χ1n) is 8.35. The van der Waals surface area contributed by atoms with Crippen molar-refractivity contribution < 1.29 is 4.79 Å². The summed E-state index contributed by atoms with van der Waals surface area (Å²) in [6.07, 6.45) is 0. The maximum absolute atomic E-state index is 12.9. The quantitative estimate of drug-likeness (QED) is 0.690. The Kier molecular flexibility index (Phi) is 4.88. The van der Waals surface area contributed by atoms with Crippen LogP contribution in [0.15, 0.2) is 45.0 Å². The molecule has 0 radical (unpaired) electrons. The molecule has 134 valence electrons. The minimum Gasteiger partial charge on any atom is -0.335 e. The number of amides is 1. The minimum absolute atomic E-state index is 0.129. The van der Waals surface area contributed by atoms with Crippen molar-refractivity contribution >= 4 is 43.9 Å². The second kappa shape index (κ2) is 7.30. The molecular formula is C18H17BrN4O2S. The number of benzene rings is 1. The molecule has 3 aromatic rings. The number of thiophene rings is 1. The first-order valence-corrected chi connectivity index (χ1v) is 9.96. The first kappa shape index (κ1) is 17.4. The van der Waals surface area contributed by atoms with Gasteiger partial charge in [-0.25, -0.2) is 5.10 Å². The van der Waals surface area contributed by atoms with E-state index in [4.69, 9.17) is 0 Å². The Labute approximate surface area is 162 Å². The van der Waals surface area contributed by atoms with Crippen LogP contribution in [-0.4, -0.2) is 52.1 Å². The molecule has 3 heterocycles. The monoisotopic (exact) mass is 432 g/mol. The number of nitrogens with one attached hydrogen (secondary N) is 1. The molecule has 1 saturated heterocycles. The van der Waals surface area contributed by atoms with E-state index in [9.17, 15) is 9.59 Å². The lowest BCUT2D eigenvalue weighted by Gasteiger charge is -2.34. The number of carbonyl (C=O) groups excluding carboxylic acids is 1. The molecular weight excluding hydrogens is 416 g/mol. The van der Waals surface area contributed by atoms with Gasteiger partial charge >= 0.3 is 0 Å². The fourth-order valence-electron chi connectivity index (χ4n) is 3.19. The van der Waals surface area contributed by atoms with Gasteiger partial charge in [0.2, 0.25) is 0 Å². The van der Waals surface area contributed by atoms with Crippen molar-refractivity contribution in [2.24, 2.45) is 0 Å². The van der Waals surface area contributed by atoms with Crippen LogP contribution in [0.2, 0.25) is 0 Å². The van der Waals surface area contributed by atoms with E-state index in [-0.39, 0.29) is 11.5 Å². The normalized spacial score (nSPS) is 15.5. The summed E-state index contributed by atoms with van der Waals surface area (Å²) in [6.45, 7) is 3.85. The number of carbonyl (C=O) groups is 1. The van der Waals surface area contributed by atoms with Crippen LogP contribution in [0.4, 0.5) is 0 Å². The van der Waals surface area contributed by atoms with Crippen LogP contribution in [0, 0.1) is 0 Å². The molecule has 2 aromatic heterocycles. The van der Waals surface area contributed by atoms with Gasteiger partial charge in [-0.2, -0.15) is 5.10 Å². The predicted molar refractivity (Wildman–Crippen MR) is 106 cm³/mol. The first-order chi connectivity index (χ1) is 12.6. The van der Waals surface area contributed by atoms with Crippen LogP contribution in [-0.2, 0) is 6.54 Å². The molecule has 1 aliphatic heterocycles. The number of aromatic nitrogens is 2. The molecule has 0 bridgehead atoms. The van der Waals surface area contributed by atoms with Gasteiger partial charge in [0.05, 0.1) is 9.17 Å². The summed E-state index contributed by atoms with van der Waals surface area (Å²) in [4.78, 5) is 30.3. The standard InChI is InChI=1S/C18H17BrN4O2S/c19-15-6-5-12(26-15)11-22-7-9-23(10-8-22)18(25)16-13-3-1-2-4-14(13)17(24)21-20-16/h1-6H,7-11H2,(H,21,24). The van der Waals surface area contributed by atoms with Gasteiger partial charge in [-0.3, -0.25) is 14.5 Å². The number of fused-ring (bicyclic) bond motifs is 1. The van der Waals surface area contributed by atoms with Gasteiger partial charge in [0.1, 0.15) is 0 Å². The van der Waals surface area contributed by atoms with Crippen molar-refractivity contribution in [3.05, 3.63) is 61.1 Å². The summed E-state index contributed by atoms with van der Waals surface area (Å²) in [7, 11) is 0. The molecule has 0 spiro atoms. The van der Waals surface area contributed by atoms with E-state index >= 15 is 0 Å². The third kappa shape index (κ3) is 3.44. The van der Waals surface area contributed by atoms with Crippen LogP contribution in [0.1, 0.15) is 15.4 Å². The third-order valence-corrected chi connectivity index (χ3v) is 6.17. The van der Waals surface area contributed by atoms with E-state index in [1.165, 1.54) is 4.88 Å². The maximum Gasteiger partial charge on any atom is 0.275 e. The lowest BCUT2D eigenvalue weighted by Crippen LogP contribution is -2.48. The Bertz CT molecular complexity index is 1010. The molecule has 8 heteroatoms. The SMILES string of the molecule is O=C(c1n[nH]c(=O)c2ccccc12)N1CCN(Cc2ccc(Br)s2)CC1. The van der Waals surface area contributed by atoms with E-state index in [1.54, 1.807) is 29.5 Å². The zero-order valence-electron chi connectivity index (χ0n) is 13.9. The van der Waals surface area contributed by atoms with E-state index < -0.39 is 0 Å². The highest BCUT2D eigenvalue weighted by atomic mass is 79.9. The number of nitrogens with zero attached hydrogens (tertiary/aromatic N) is 3. The zero-order valence-corrected chi connectivity index (χ0v) is 16.3. The molecule has 6 nitrogen and oxygen atoms in total. The summed E-state index contributed by atoms with van der Waals surface area (Å²) < 4.78 is 1.14. The number of rotatable bonds is 3. The van der Waals surface area contributed by atoms with Gasteiger partial charge in [-0.15, -0.1) is 11.3 Å². The summed E-state index contributed by atoms with van der Waals surface area (Å²) in [6, 6.07) is 11.3. The van der Waals surface area contributed by atoms with E-state index in [0.717, 1.165) is 23.4 Å². The zero-order chi connectivity index (χ0) is 18.1. The Morgan fingerprint density at radius 1 is 1.12 bits per heavy atom. The van der Waals surface area contributed by atoms with Crippen molar-refractivity contribution in [1.82, 2.24) is 20.0 Å². The molecule has 26 heavy (non-hydrogen) atoms. The predicted octanol–water partition coefficient (Wildman–Crippen LogP) is 2.71. The summed E-state index contributed by atoms with van der Waals surface area (Å²) >= 11 is 5.23. The molecule has 1 amide bonds. The van der Waals surface area contributed by atoms with Crippen LogP contribution in [0.25, 0.3) is 10.8 Å². The van der Waals surface area contributed by atoms with Crippen molar-refractivity contribution in [1.29, 1.82) is 0 Å². The van der Waals surface area contributed by atoms with E-state index in [2.05, 4.69) is 43.2 Å². The molecule has 0 unspecified atom stereocenters. The van der Waals surface area contributed by atoms with Crippen LogP contribution in [0.5, 0.6) is 0 Å². The second-order valence-electron chi connectivity index (χ2n) is 6.22. The number of piperazine rings is 1. The van der Waals surface area contributed by atoms with E-state index in [1.807, 2.05) is 11.0 Å². The van der Waals surface area contributed by atoms with Gasteiger partial charge in [-0.05, 0) is 34.1 Å². The van der Waals surface area contributed by atoms with Crippen LogP contribution < -0.4 is 5.56 Å². The Balaban J connectivity index is 1.47. The fraction of sp³-hybridized carbons (Fsp3) is 0.278. The molecule has 1 aliphatic rings. The fourth-order valence-corrected chi connectivity index (χ4v) is 4.72. The summed E-state index contributed by atoms with van der Waals surface area (Å²) in [5.41, 5.74) is 0.0416. The highest BCUT2D eigenvalue weighted by Crippen LogP contribution is 2.24. The van der Waals surface area contributed by atoms with Crippen LogP contribution in [0.3, 0.4) is 0 Å². The Hall–Kier alpha value is -2.03. The third-order valence-electron chi connectivity index (χ3n) is 4.57. The molecule has 0 atom stereocenters. The largest absolute Gasteiger partial charge is 0.335 e. The topological polar surface area (TPSA) is 69.3 Å². The molecule has 0 saturated carbocycles. The molecule has 4 rings (SSSR count). The molecule has 1 N–H and O–H groups in total. The molecule has 1 aromatic carbocycles. The average molecular weight is 433 g/mol. The highest BCUT2D eigenvalue weighted by molar-refractivity contribution is 9.11. The van der Waals surface area contributed by atoms with Gasteiger partial charge in [-0.1, -0.05) is 18.2 Å². The summed E-state index contributed by atoms with van der Waals surface area (Å²) in [5, 5.41) is 7.56. The van der Waals surface area contributed by atoms with Gasteiger partial charge < -0.3 is 4.90 Å². The maximum atomic E-state index is 12.9. The van der Waals surface area contributed by atoms with Crippen LogP contribution >= 0.6 is 27.3 Å². The lowest BCUT2D eigenvalue weighted by molar-refractivity contribution is 0.0625. The van der Waals surface area contributed by atoms with Crippen molar-refractivity contribution in [3.63, 3.8) is 0 Å². The molecule has 0 aliphatic carbocycles. The Morgan fingerprint density at radius 3 is 2.54 bits per heavy atom. The Morgan fingerprint density at radius 2 is 1.85 bits per heavy atom. The molecule has 1 fully saturated rings. The van der Waals surface area contributed by atoms with Gasteiger partial charge in [0.15, 0.2) is 5.69 Å². The van der Waals surface area contributed by atoms with Crippen molar-refractivity contribution in [2.75, 3.05) is 26.2 Å². The summed E-state index contributed by atoms with van der Waals surface area (Å²) in [5.74, 6) is -0.129. The van der Waals surface area contributed by atoms with E-state index in [0.29, 0.717) is 29.6 Å². The number of aromatic amines is 1. The number of H-pyrrole nitrogens is 1. The van der Waals surface area contributed by atoms with Crippen molar-refractivity contribution in [2.45, 2.75) is 6.54 Å².